The molecule has 2 aromatic heterocycles. The molecule has 33 heavy (non-hydrogen) atoms. The molecule has 10 heteroatoms. The van der Waals surface area contributed by atoms with Gasteiger partial charge in [-0.15, -0.1) is 0 Å². The molecule has 4 rings (SSSR count). The first-order valence-corrected chi connectivity index (χ1v) is 12.4. The summed E-state index contributed by atoms with van der Waals surface area (Å²) in [6.07, 6.45) is 7.68. The number of fused-ring (bicyclic) bond motifs is 1. The molecule has 180 valence electrons. The highest BCUT2D eigenvalue weighted by Gasteiger charge is 2.24. The molecule has 0 radical (unpaired) electrons. The van der Waals surface area contributed by atoms with Gasteiger partial charge < -0.3 is 4.74 Å². The molecule has 0 N–H and O–H groups in total. The quantitative estimate of drug-likeness (QED) is 0.506. The number of thiazole rings is 1. The van der Waals surface area contributed by atoms with Crippen LogP contribution in [0.3, 0.4) is 0 Å². The third-order valence-electron chi connectivity index (χ3n) is 6.37. The van der Waals surface area contributed by atoms with Gasteiger partial charge in [0, 0.05) is 30.4 Å². The second-order valence-corrected chi connectivity index (χ2v) is 10.0. The summed E-state index contributed by atoms with van der Waals surface area (Å²) >= 11 is 1.40. The van der Waals surface area contributed by atoms with Gasteiger partial charge in [0.1, 0.15) is 6.54 Å². The van der Waals surface area contributed by atoms with Crippen LogP contribution in [0.25, 0.3) is 0 Å². The van der Waals surface area contributed by atoms with Crippen molar-refractivity contribution in [3.8, 4) is 5.19 Å². The number of hydrogen-bond donors (Lipinski definition) is 0. The van der Waals surface area contributed by atoms with Crippen LogP contribution in [-0.2, 0) is 24.3 Å². The van der Waals surface area contributed by atoms with E-state index in [9.17, 15) is 13.6 Å². The zero-order valence-corrected chi connectivity index (χ0v) is 19.8. The van der Waals surface area contributed by atoms with Gasteiger partial charge in [0.2, 0.25) is 0 Å². The summed E-state index contributed by atoms with van der Waals surface area (Å²) in [5, 5.41) is 4.59. The van der Waals surface area contributed by atoms with E-state index in [1.165, 1.54) is 11.3 Å². The largest absolute Gasteiger partial charge is 0.464 e. The second kappa shape index (κ2) is 11.3. The number of rotatable bonds is 9. The Morgan fingerprint density at radius 3 is 2.91 bits per heavy atom. The molecular weight excluding hydrogens is 448 g/mol. The van der Waals surface area contributed by atoms with Crippen LogP contribution in [0.1, 0.15) is 48.4 Å². The number of aliphatic imine (C=N–C) groups is 1. The molecule has 1 aliphatic carbocycles. The van der Waals surface area contributed by atoms with Crippen molar-refractivity contribution in [2.45, 2.75) is 65.0 Å². The highest BCUT2D eigenvalue weighted by Crippen LogP contribution is 2.32. The summed E-state index contributed by atoms with van der Waals surface area (Å²) in [5.74, 6) is 0.914. The summed E-state index contributed by atoms with van der Waals surface area (Å²) in [5.41, 5.74) is 1.87. The Labute approximate surface area is 196 Å². The molecule has 1 saturated carbocycles. The summed E-state index contributed by atoms with van der Waals surface area (Å²) in [6, 6.07) is 1.88. The fraction of sp³-hybridized carbons (Fsp3) is 0.652. The summed E-state index contributed by atoms with van der Waals surface area (Å²) < 4.78 is 31.4. The van der Waals surface area contributed by atoms with Crippen molar-refractivity contribution in [2.75, 3.05) is 19.7 Å². The fourth-order valence-electron chi connectivity index (χ4n) is 4.53. The SMILES string of the molecule is Cc1ccn(CC(=O)N=CC2CCC(CCN3CCc4sc(OCC(F)F)nc4C3)CC2)n1. The Bertz CT molecular complexity index is 953. The van der Waals surface area contributed by atoms with Crippen molar-refractivity contribution < 1.29 is 18.3 Å². The molecule has 0 spiro atoms. The maximum absolute atomic E-state index is 12.3. The molecule has 1 aliphatic heterocycles. The smallest absolute Gasteiger partial charge is 0.273 e. The van der Waals surface area contributed by atoms with Gasteiger partial charge in [0.25, 0.3) is 17.5 Å². The van der Waals surface area contributed by atoms with E-state index in [0.717, 1.165) is 74.4 Å². The molecular formula is C23H31F2N5O2S. The normalized spacial score (nSPS) is 21.6. The van der Waals surface area contributed by atoms with E-state index in [4.69, 9.17) is 4.74 Å². The number of aryl methyl sites for hydroxylation is 1. The maximum atomic E-state index is 12.3. The van der Waals surface area contributed by atoms with Crippen LogP contribution < -0.4 is 4.74 Å². The van der Waals surface area contributed by atoms with Gasteiger partial charge in [-0.25, -0.2) is 18.8 Å². The van der Waals surface area contributed by atoms with Gasteiger partial charge in [-0.1, -0.05) is 11.3 Å². The highest BCUT2D eigenvalue weighted by atomic mass is 32.1. The lowest BCUT2D eigenvalue weighted by molar-refractivity contribution is -0.118. The van der Waals surface area contributed by atoms with Crippen LogP contribution in [0.4, 0.5) is 8.78 Å². The number of nitrogens with zero attached hydrogens (tertiary/aromatic N) is 5. The minimum absolute atomic E-state index is 0.158. The molecule has 0 saturated heterocycles. The molecule has 0 unspecified atom stereocenters. The minimum Gasteiger partial charge on any atom is -0.464 e. The Hall–Kier alpha value is -2.20. The van der Waals surface area contributed by atoms with Crippen molar-refractivity contribution >= 4 is 23.5 Å². The molecule has 2 aliphatic rings. The molecule has 0 aromatic carbocycles. The van der Waals surface area contributed by atoms with Gasteiger partial charge in [-0.2, -0.15) is 5.10 Å². The lowest BCUT2D eigenvalue weighted by Gasteiger charge is -2.30. The van der Waals surface area contributed by atoms with Crippen LogP contribution in [0.2, 0.25) is 0 Å². The Morgan fingerprint density at radius 1 is 1.36 bits per heavy atom. The summed E-state index contributed by atoms with van der Waals surface area (Å²) in [6.45, 7) is 4.26. The predicted octanol–water partition coefficient (Wildman–Crippen LogP) is 4.14. The topological polar surface area (TPSA) is 72.6 Å². The van der Waals surface area contributed by atoms with Crippen LogP contribution >= 0.6 is 11.3 Å². The van der Waals surface area contributed by atoms with Crippen molar-refractivity contribution in [1.82, 2.24) is 19.7 Å². The molecule has 1 amide bonds. The predicted molar refractivity (Wildman–Crippen MR) is 123 cm³/mol. The molecule has 3 heterocycles. The van der Waals surface area contributed by atoms with Gasteiger partial charge in [-0.05, 0) is 69.9 Å². The Kier molecular flexibility index (Phi) is 8.19. The van der Waals surface area contributed by atoms with Crippen LogP contribution in [-0.4, -0.2) is 57.9 Å². The van der Waals surface area contributed by atoms with E-state index in [1.54, 1.807) is 10.9 Å². The molecule has 1 fully saturated rings. The Balaban J connectivity index is 1.15. The van der Waals surface area contributed by atoms with Gasteiger partial charge in [0.05, 0.1) is 11.4 Å². The van der Waals surface area contributed by atoms with E-state index in [2.05, 4.69) is 20.0 Å². The van der Waals surface area contributed by atoms with Gasteiger partial charge in [-0.3, -0.25) is 14.4 Å². The molecule has 2 aromatic rings. The van der Waals surface area contributed by atoms with E-state index in [0.29, 0.717) is 17.0 Å². The third-order valence-corrected chi connectivity index (χ3v) is 7.44. The van der Waals surface area contributed by atoms with Crippen LogP contribution in [0, 0.1) is 18.8 Å². The first kappa shape index (κ1) is 23.9. The number of carbonyl (C=O) groups is 1. The number of alkyl halides is 2. The average Bonchev–Trinajstić information content (AvgIpc) is 3.40. The lowest BCUT2D eigenvalue weighted by atomic mass is 9.81. The number of carbonyl (C=O) groups excluding carboxylic acids is 1. The van der Waals surface area contributed by atoms with Gasteiger partial charge >= 0.3 is 0 Å². The zero-order valence-electron chi connectivity index (χ0n) is 19.0. The summed E-state index contributed by atoms with van der Waals surface area (Å²) in [7, 11) is 0. The zero-order chi connectivity index (χ0) is 23.2. The number of ether oxygens (including phenoxy) is 1. The van der Waals surface area contributed by atoms with Crippen LogP contribution in [0.15, 0.2) is 17.3 Å². The Morgan fingerprint density at radius 2 is 2.18 bits per heavy atom. The van der Waals surface area contributed by atoms with Crippen molar-refractivity contribution in [3.63, 3.8) is 0 Å². The standard InChI is InChI=1S/C23H31F2N5O2S/c1-16-6-11-30(28-16)14-22(31)26-12-18-4-2-17(3-5-18)7-9-29-10-8-20-19(13-29)27-23(33-20)32-15-21(24)25/h6,11-12,17-18,21H,2-5,7-10,13-15H2,1H3. The fourth-order valence-corrected chi connectivity index (χ4v) is 5.44. The minimum atomic E-state index is -2.48. The second-order valence-electron chi connectivity index (χ2n) is 8.97. The lowest BCUT2D eigenvalue weighted by Crippen LogP contribution is -2.32. The third kappa shape index (κ3) is 7.14. The van der Waals surface area contributed by atoms with Crippen LogP contribution in [0.5, 0.6) is 5.19 Å². The number of amides is 1. The highest BCUT2D eigenvalue weighted by molar-refractivity contribution is 7.13. The first-order valence-electron chi connectivity index (χ1n) is 11.6. The van der Waals surface area contributed by atoms with Crippen molar-refractivity contribution in [1.29, 1.82) is 0 Å². The average molecular weight is 480 g/mol. The summed E-state index contributed by atoms with van der Waals surface area (Å²) in [4.78, 5) is 24.2. The van der Waals surface area contributed by atoms with E-state index >= 15 is 0 Å². The molecule has 0 atom stereocenters. The molecule has 0 bridgehead atoms. The monoisotopic (exact) mass is 479 g/mol. The van der Waals surface area contributed by atoms with Gasteiger partial charge in [0.15, 0.2) is 6.61 Å². The van der Waals surface area contributed by atoms with E-state index in [-0.39, 0.29) is 12.5 Å². The van der Waals surface area contributed by atoms with Crippen molar-refractivity contribution in [2.24, 2.45) is 16.8 Å². The molecule has 7 nitrogen and oxygen atoms in total. The first-order chi connectivity index (χ1) is 15.9. The van der Waals surface area contributed by atoms with E-state index in [1.807, 2.05) is 19.2 Å². The number of halogens is 2. The number of hydrogen-bond acceptors (Lipinski definition) is 6. The number of aromatic nitrogens is 3. The van der Waals surface area contributed by atoms with Crippen molar-refractivity contribution in [3.05, 3.63) is 28.5 Å². The van der Waals surface area contributed by atoms with E-state index < -0.39 is 13.0 Å². The maximum Gasteiger partial charge on any atom is 0.273 e.